The van der Waals surface area contributed by atoms with E-state index in [4.69, 9.17) is 0 Å². The molecule has 1 saturated heterocycles. The van der Waals surface area contributed by atoms with Crippen molar-refractivity contribution in [1.82, 2.24) is 10.7 Å². The molecule has 3 rings (SSSR count). The van der Waals surface area contributed by atoms with Crippen molar-refractivity contribution in [2.24, 2.45) is 11.0 Å². The highest BCUT2D eigenvalue weighted by Gasteiger charge is 2.40. The molecule has 1 fully saturated rings. The van der Waals surface area contributed by atoms with Crippen molar-refractivity contribution in [2.75, 3.05) is 4.90 Å². The molecule has 0 bridgehead atoms. The van der Waals surface area contributed by atoms with E-state index in [1.165, 1.54) is 12.1 Å². The lowest BCUT2D eigenvalue weighted by Crippen LogP contribution is -2.58. The summed E-state index contributed by atoms with van der Waals surface area (Å²) in [5, 5.41) is 15.4. The molecule has 3 N–H and O–H groups in total. The predicted octanol–water partition coefficient (Wildman–Crippen LogP) is 1.32. The molecule has 5 amide bonds. The molecule has 1 heterocycles. The third-order valence-corrected chi connectivity index (χ3v) is 4.00. The number of hydrogen-bond donors (Lipinski definition) is 3. The van der Waals surface area contributed by atoms with E-state index in [2.05, 4.69) is 15.8 Å². The van der Waals surface area contributed by atoms with Gasteiger partial charge < -0.3 is 5.11 Å². The summed E-state index contributed by atoms with van der Waals surface area (Å²) in [7, 11) is 0. The third-order valence-electron chi connectivity index (χ3n) is 4.00. The maximum atomic E-state index is 12.7. The second kappa shape index (κ2) is 7.70. The van der Waals surface area contributed by atoms with Crippen LogP contribution in [-0.4, -0.2) is 35.1 Å². The fourth-order valence-electron chi connectivity index (χ4n) is 2.63. The Hall–Kier alpha value is -4.01. The number of hydrogen-bond acceptors (Lipinski definition) is 6. The summed E-state index contributed by atoms with van der Waals surface area (Å²) in [6, 6.07) is 11.6. The van der Waals surface area contributed by atoms with Gasteiger partial charge in [0.2, 0.25) is 5.91 Å². The minimum absolute atomic E-state index is 0.0179. The SMILES string of the molecule is Cc1cccc(N2C(=O)NC(=O)[C@@H](/C=N\NC(=O)c3ccccc3O)C2=O)c1. The Balaban J connectivity index is 1.77. The van der Waals surface area contributed by atoms with Crippen molar-refractivity contribution >= 4 is 35.7 Å². The molecule has 0 spiro atoms. The van der Waals surface area contributed by atoms with Gasteiger partial charge >= 0.3 is 6.03 Å². The molecule has 0 unspecified atom stereocenters. The van der Waals surface area contributed by atoms with Gasteiger partial charge in [0.25, 0.3) is 11.8 Å². The van der Waals surface area contributed by atoms with E-state index in [9.17, 15) is 24.3 Å². The van der Waals surface area contributed by atoms with Crippen molar-refractivity contribution in [3.05, 3.63) is 59.7 Å². The van der Waals surface area contributed by atoms with Crippen LogP contribution >= 0.6 is 0 Å². The first-order chi connectivity index (χ1) is 13.4. The number of aromatic hydroxyl groups is 1. The lowest BCUT2D eigenvalue weighted by atomic mass is 10.1. The number of benzene rings is 2. The van der Waals surface area contributed by atoms with Gasteiger partial charge in [-0.15, -0.1) is 0 Å². The molecule has 0 aromatic heterocycles. The number of barbiturate groups is 1. The van der Waals surface area contributed by atoms with Crippen molar-refractivity contribution < 1.29 is 24.3 Å². The zero-order valence-corrected chi connectivity index (χ0v) is 14.7. The highest BCUT2D eigenvalue weighted by Crippen LogP contribution is 2.21. The summed E-state index contributed by atoms with van der Waals surface area (Å²) in [4.78, 5) is 49.7. The Kier molecular flexibility index (Phi) is 5.16. The highest BCUT2D eigenvalue weighted by atomic mass is 16.3. The van der Waals surface area contributed by atoms with Gasteiger partial charge in [-0.05, 0) is 36.8 Å². The number of nitrogens with zero attached hydrogens (tertiary/aromatic N) is 2. The molecular weight excluding hydrogens is 364 g/mol. The number of imide groups is 2. The summed E-state index contributed by atoms with van der Waals surface area (Å²) in [6.45, 7) is 1.80. The summed E-state index contributed by atoms with van der Waals surface area (Å²) in [5.74, 6) is -4.00. The minimum atomic E-state index is -1.40. The molecule has 2 aromatic rings. The number of nitrogens with one attached hydrogen (secondary N) is 2. The van der Waals surface area contributed by atoms with Crippen LogP contribution in [0.3, 0.4) is 0 Å². The van der Waals surface area contributed by atoms with Crippen LogP contribution in [0.15, 0.2) is 53.6 Å². The number of aryl methyl sites for hydroxylation is 1. The largest absolute Gasteiger partial charge is 0.507 e. The number of phenolic OH excluding ortho intramolecular Hbond substituents is 1. The Bertz CT molecular complexity index is 1000. The monoisotopic (exact) mass is 380 g/mol. The number of anilines is 1. The molecule has 9 nitrogen and oxygen atoms in total. The number of carbonyl (C=O) groups excluding carboxylic acids is 4. The average molecular weight is 380 g/mol. The van der Waals surface area contributed by atoms with E-state index in [0.29, 0.717) is 5.69 Å². The molecule has 0 aliphatic carbocycles. The van der Waals surface area contributed by atoms with E-state index in [0.717, 1.165) is 16.7 Å². The topological polar surface area (TPSA) is 128 Å². The van der Waals surface area contributed by atoms with Gasteiger partial charge in [-0.25, -0.2) is 15.1 Å². The Morgan fingerprint density at radius 2 is 1.93 bits per heavy atom. The standard InChI is InChI=1S/C19H16N4O5/c1-11-5-4-6-12(9-11)23-18(27)14(16(25)21-19(23)28)10-20-22-17(26)13-7-2-3-8-15(13)24/h2-10,14,24H,1H3,(H,22,26)(H,21,25,28)/b20-10-/t14-/m1/s1. The smallest absolute Gasteiger partial charge is 0.335 e. The van der Waals surface area contributed by atoms with Crippen LogP contribution < -0.4 is 15.6 Å². The number of carbonyl (C=O) groups is 4. The van der Waals surface area contributed by atoms with E-state index in [1.54, 1.807) is 43.3 Å². The quantitative estimate of drug-likeness (QED) is 0.419. The number of rotatable bonds is 4. The average Bonchev–Trinajstić information content (AvgIpc) is 2.64. The summed E-state index contributed by atoms with van der Waals surface area (Å²) in [5.41, 5.74) is 3.26. The Morgan fingerprint density at radius 3 is 2.64 bits per heavy atom. The normalized spacial score (nSPS) is 17.0. The highest BCUT2D eigenvalue weighted by molar-refractivity contribution is 6.32. The first-order valence-corrected chi connectivity index (χ1v) is 8.25. The molecular formula is C19H16N4O5. The molecule has 142 valence electrons. The molecule has 0 radical (unpaired) electrons. The predicted molar refractivity (Wildman–Crippen MR) is 99.8 cm³/mol. The number of amides is 5. The number of hydrazone groups is 1. The molecule has 9 heteroatoms. The maximum Gasteiger partial charge on any atom is 0.335 e. The van der Waals surface area contributed by atoms with Gasteiger partial charge in [0.05, 0.1) is 11.3 Å². The number of urea groups is 1. The number of phenols is 1. The summed E-state index contributed by atoms with van der Waals surface area (Å²) >= 11 is 0. The van der Waals surface area contributed by atoms with Crippen LogP contribution in [0.5, 0.6) is 5.75 Å². The van der Waals surface area contributed by atoms with E-state index in [1.807, 2.05) is 0 Å². The van der Waals surface area contributed by atoms with Gasteiger partial charge in [0.15, 0.2) is 5.92 Å². The van der Waals surface area contributed by atoms with Crippen molar-refractivity contribution in [2.45, 2.75) is 6.92 Å². The van der Waals surface area contributed by atoms with Crippen LogP contribution in [0.2, 0.25) is 0 Å². The van der Waals surface area contributed by atoms with Crippen LogP contribution in [0.25, 0.3) is 0 Å². The maximum absolute atomic E-state index is 12.7. The summed E-state index contributed by atoms with van der Waals surface area (Å²) < 4.78 is 0. The van der Waals surface area contributed by atoms with E-state index in [-0.39, 0.29) is 11.3 Å². The van der Waals surface area contributed by atoms with Gasteiger partial charge in [0, 0.05) is 6.21 Å². The summed E-state index contributed by atoms with van der Waals surface area (Å²) in [6.07, 6.45) is 0.935. The second-order valence-electron chi connectivity index (χ2n) is 6.02. The fraction of sp³-hybridized carbons (Fsp3) is 0.105. The van der Waals surface area contributed by atoms with Crippen molar-refractivity contribution in [1.29, 1.82) is 0 Å². The van der Waals surface area contributed by atoms with E-state index < -0.39 is 29.7 Å². The van der Waals surface area contributed by atoms with Crippen molar-refractivity contribution in [3.63, 3.8) is 0 Å². The van der Waals surface area contributed by atoms with Crippen LogP contribution in [0.1, 0.15) is 15.9 Å². The zero-order chi connectivity index (χ0) is 20.3. The first kappa shape index (κ1) is 18.8. The molecule has 1 aliphatic rings. The van der Waals surface area contributed by atoms with Crippen molar-refractivity contribution in [3.8, 4) is 5.75 Å². The lowest BCUT2D eigenvalue weighted by molar-refractivity contribution is -0.131. The second-order valence-corrected chi connectivity index (χ2v) is 6.02. The van der Waals surface area contributed by atoms with Gasteiger partial charge in [-0.1, -0.05) is 24.3 Å². The third kappa shape index (κ3) is 3.73. The van der Waals surface area contributed by atoms with Crippen LogP contribution in [-0.2, 0) is 9.59 Å². The molecule has 1 aliphatic heterocycles. The Morgan fingerprint density at radius 1 is 1.18 bits per heavy atom. The minimum Gasteiger partial charge on any atom is -0.507 e. The molecule has 28 heavy (non-hydrogen) atoms. The van der Waals surface area contributed by atoms with Gasteiger partial charge in [0.1, 0.15) is 5.75 Å². The Labute approximate surface area is 159 Å². The fourth-order valence-corrected chi connectivity index (χ4v) is 2.63. The number of para-hydroxylation sites is 1. The zero-order valence-electron chi connectivity index (χ0n) is 14.7. The molecule has 1 atom stereocenters. The molecule has 2 aromatic carbocycles. The van der Waals surface area contributed by atoms with Gasteiger partial charge in [-0.3, -0.25) is 19.7 Å². The molecule has 0 saturated carbocycles. The van der Waals surface area contributed by atoms with Crippen LogP contribution in [0.4, 0.5) is 10.5 Å². The first-order valence-electron chi connectivity index (χ1n) is 8.25. The van der Waals surface area contributed by atoms with Crippen LogP contribution in [0, 0.1) is 12.8 Å². The lowest BCUT2D eigenvalue weighted by Gasteiger charge is -2.28. The van der Waals surface area contributed by atoms with E-state index >= 15 is 0 Å². The van der Waals surface area contributed by atoms with Gasteiger partial charge in [-0.2, -0.15) is 5.10 Å².